The summed E-state index contributed by atoms with van der Waals surface area (Å²) in [5.74, 6) is 0.570. The molecular weight excluding hydrogens is 612 g/mol. The molecule has 1 aliphatic rings. The van der Waals surface area contributed by atoms with Gasteiger partial charge in [0.1, 0.15) is 0 Å². The first-order valence-corrected chi connectivity index (χ1v) is 13.6. The van der Waals surface area contributed by atoms with E-state index in [9.17, 15) is 9.59 Å². The van der Waals surface area contributed by atoms with E-state index < -0.39 is 12.0 Å². The molecule has 7 nitrogen and oxygen atoms in total. The van der Waals surface area contributed by atoms with Gasteiger partial charge in [0.25, 0.3) is 5.56 Å². The van der Waals surface area contributed by atoms with E-state index in [2.05, 4.69) is 36.9 Å². The first kappa shape index (κ1) is 26.4. The van der Waals surface area contributed by atoms with E-state index in [4.69, 9.17) is 14.2 Å². The van der Waals surface area contributed by atoms with Crippen LogP contribution in [0, 0.1) is 6.92 Å². The van der Waals surface area contributed by atoms with Crippen LogP contribution in [0.2, 0.25) is 0 Å². The molecule has 2 heterocycles. The van der Waals surface area contributed by atoms with Gasteiger partial charge in [-0.25, -0.2) is 9.79 Å². The number of hydrogen-bond donors (Lipinski definition) is 0. The lowest BCUT2D eigenvalue weighted by Gasteiger charge is -2.23. The van der Waals surface area contributed by atoms with Gasteiger partial charge in [-0.2, -0.15) is 0 Å². The fourth-order valence-corrected chi connectivity index (χ4v) is 6.08. The number of halogens is 2. The van der Waals surface area contributed by atoms with Gasteiger partial charge in [-0.05, 0) is 67.8 Å². The lowest BCUT2D eigenvalue weighted by molar-refractivity contribution is -0.136. The quantitative estimate of drug-likeness (QED) is 0.353. The van der Waals surface area contributed by atoms with Crippen LogP contribution in [0.25, 0.3) is 6.08 Å². The van der Waals surface area contributed by atoms with Crippen LogP contribution in [0.5, 0.6) is 11.5 Å². The molecule has 0 radical (unpaired) electrons. The number of thiazole rings is 1. The minimum atomic E-state index is -0.734. The fourth-order valence-electron chi connectivity index (χ4n) is 3.89. The predicted molar refractivity (Wildman–Crippen MR) is 147 cm³/mol. The lowest BCUT2D eigenvalue weighted by atomic mass is 9.97. The Morgan fingerprint density at radius 1 is 1.11 bits per heavy atom. The molecule has 3 aromatic rings. The summed E-state index contributed by atoms with van der Waals surface area (Å²) >= 11 is 8.39. The lowest BCUT2D eigenvalue weighted by Crippen LogP contribution is -2.39. The Kier molecular flexibility index (Phi) is 8.17. The van der Waals surface area contributed by atoms with Gasteiger partial charge in [0.15, 0.2) is 16.3 Å². The number of carbonyl (C=O) groups is 1. The summed E-state index contributed by atoms with van der Waals surface area (Å²) in [5, 5.41) is 0. The molecule has 1 aromatic heterocycles. The second kappa shape index (κ2) is 11.1. The summed E-state index contributed by atoms with van der Waals surface area (Å²) in [6.45, 7) is 6.69. The summed E-state index contributed by atoms with van der Waals surface area (Å²) in [6, 6.07) is 8.59. The van der Waals surface area contributed by atoms with Crippen LogP contribution in [-0.2, 0) is 9.53 Å². The van der Waals surface area contributed by atoms with Gasteiger partial charge in [0, 0.05) is 15.1 Å². The van der Waals surface area contributed by atoms with E-state index in [1.54, 1.807) is 12.1 Å². The maximum Gasteiger partial charge on any atom is 0.337 e. The van der Waals surface area contributed by atoms with Crippen LogP contribution in [0.3, 0.4) is 0 Å². The number of hydrogen-bond acceptors (Lipinski definition) is 7. The van der Waals surface area contributed by atoms with Crippen LogP contribution in [0.4, 0.5) is 0 Å². The summed E-state index contributed by atoms with van der Waals surface area (Å²) in [4.78, 5) is 31.3. The van der Waals surface area contributed by atoms with Crippen molar-refractivity contribution in [2.45, 2.75) is 26.8 Å². The van der Waals surface area contributed by atoms with Crippen molar-refractivity contribution < 1.29 is 19.0 Å². The second-order valence-electron chi connectivity index (χ2n) is 7.86. The van der Waals surface area contributed by atoms with Gasteiger partial charge in [0.05, 0.1) is 36.5 Å². The zero-order valence-corrected chi connectivity index (χ0v) is 24.1. The number of carbonyl (C=O) groups excluding carboxylic acids is 1. The molecule has 0 bridgehead atoms. The maximum absolute atomic E-state index is 13.7. The molecule has 2 aromatic carbocycles. The minimum Gasteiger partial charge on any atom is -0.490 e. The molecule has 0 fully saturated rings. The van der Waals surface area contributed by atoms with Crippen molar-refractivity contribution >= 4 is 55.2 Å². The maximum atomic E-state index is 13.7. The third kappa shape index (κ3) is 5.07. The molecule has 0 amide bonds. The number of rotatable bonds is 7. The van der Waals surface area contributed by atoms with Gasteiger partial charge in [-0.15, -0.1) is 0 Å². The highest BCUT2D eigenvalue weighted by Crippen LogP contribution is 2.35. The molecule has 0 unspecified atom stereocenters. The minimum absolute atomic E-state index is 0.252. The molecule has 0 aliphatic carbocycles. The Morgan fingerprint density at radius 2 is 1.78 bits per heavy atom. The van der Waals surface area contributed by atoms with Crippen LogP contribution < -0.4 is 24.4 Å². The highest BCUT2D eigenvalue weighted by molar-refractivity contribution is 9.11. The highest BCUT2D eigenvalue weighted by atomic mass is 79.9. The molecule has 1 aliphatic heterocycles. The van der Waals surface area contributed by atoms with Crippen LogP contribution >= 0.6 is 43.2 Å². The number of nitrogens with zero attached hydrogens (tertiary/aromatic N) is 2. The van der Waals surface area contributed by atoms with E-state index in [1.807, 2.05) is 45.0 Å². The van der Waals surface area contributed by atoms with Crippen LogP contribution in [-0.4, -0.2) is 30.9 Å². The molecule has 0 N–H and O–H groups in total. The number of ether oxygens (including phenoxy) is 3. The summed E-state index contributed by atoms with van der Waals surface area (Å²) in [7, 11) is 1.31. The molecule has 36 heavy (non-hydrogen) atoms. The Morgan fingerprint density at radius 3 is 2.42 bits per heavy atom. The zero-order chi connectivity index (χ0) is 26.0. The Balaban J connectivity index is 1.91. The molecule has 10 heteroatoms. The van der Waals surface area contributed by atoms with Gasteiger partial charge < -0.3 is 14.2 Å². The van der Waals surface area contributed by atoms with Gasteiger partial charge in [-0.1, -0.05) is 49.3 Å². The van der Waals surface area contributed by atoms with Crippen molar-refractivity contribution in [3.63, 3.8) is 0 Å². The van der Waals surface area contributed by atoms with E-state index in [1.165, 1.54) is 29.2 Å². The average Bonchev–Trinajstić information content (AvgIpc) is 3.17. The van der Waals surface area contributed by atoms with Crippen molar-refractivity contribution in [1.82, 2.24) is 4.57 Å². The monoisotopic (exact) mass is 634 g/mol. The molecule has 4 rings (SSSR count). The Bertz CT molecular complexity index is 1520. The second-order valence-corrected chi connectivity index (χ2v) is 10.6. The number of aromatic nitrogens is 1. The smallest absolute Gasteiger partial charge is 0.337 e. The molecular formula is C26H24Br2N2O5S. The van der Waals surface area contributed by atoms with Crippen molar-refractivity contribution in [2.24, 2.45) is 4.99 Å². The van der Waals surface area contributed by atoms with Gasteiger partial charge in [0.2, 0.25) is 0 Å². The first-order chi connectivity index (χ1) is 17.3. The number of methoxy groups -OCH3 is 1. The third-order valence-corrected chi connectivity index (χ3v) is 8.25. The summed E-state index contributed by atoms with van der Waals surface area (Å²) < 4.78 is 20.4. The van der Waals surface area contributed by atoms with Crippen molar-refractivity contribution in [2.75, 3.05) is 20.3 Å². The van der Waals surface area contributed by atoms with E-state index >= 15 is 0 Å². The standard InChI is InChI=1S/C26H24Br2N2O5S/c1-5-34-20-8-7-16(12-21(20)35-6-2)23-17(25(32)33-4)13-29-26-30(23)24(31)22(36-26)11-15-9-18(27)14(3)19(28)10-15/h7-13,23H,5-6H2,1-4H3/b22-11+/t23-/m1/s1. The molecule has 1 atom stereocenters. The SMILES string of the molecule is CCOc1ccc([C@@H]2C(C(=O)OC)=CN=c3s/c(=C/c4cc(Br)c(C)c(Br)c4)c(=O)n32)cc1OCC. The third-order valence-electron chi connectivity index (χ3n) is 5.61. The molecule has 0 saturated heterocycles. The van der Waals surface area contributed by atoms with E-state index in [0.717, 1.165) is 20.1 Å². The predicted octanol–water partition coefficient (Wildman–Crippen LogP) is 4.65. The Labute approximate surface area is 229 Å². The normalized spacial score (nSPS) is 15.1. The molecule has 0 spiro atoms. The van der Waals surface area contributed by atoms with Crippen molar-refractivity contribution in [3.05, 3.63) is 87.4 Å². The first-order valence-electron chi connectivity index (χ1n) is 11.2. The van der Waals surface area contributed by atoms with E-state index in [0.29, 0.717) is 39.6 Å². The number of benzene rings is 2. The summed E-state index contributed by atoms with van der Waals surface area (Å²) in [6.07, 6.45) is 3.29. The van der Waals surface area contributed by atoms with Crippen molar-refractivity contribution in [1.29, 1.82) is 0 Å². The average molecular weight is 636 g/mol. The van der Waals surface area contributed by atoms with Crippen molar-refractivity contribution in [3.8, 4) is 11.5 Å². The van der Waals surface area contributed by atoms with Gasteiger partial charge >= 0.3 is 5.97 Å². The number of esters is 1. The fraction of sp³-hybridized carbons (Fsp3) is 0.269. The highest BCUT2D eigenvalue weighted by Gasteiger charge is 2.31. The van der Waals surface area contributed by atoms with Crippen LogP contribution in [0.15, 0.2) is 60.8 Å². The molecule has 0 saturated carbocycles. The van der Waals surface area contributed by atoms with Crippen LogP contribution in [0.1, 0.15) is 36.6 Å². The Hall–Kier alpha value is -2.69. The van der Waals surface area contributed by atoms with Gasteiger partial charge in [-0.3, -0.25) is 9.36 Å². The largest absolute Gasteiger partial charge is 0.490 e. The van der Waals surface area contributed by atoms with E-state index in [-0.39, 0.29) is 11.1 Å². The zero-order valence-electron chi connectivity index (χ0n) is 20.1. The summed E-state index contributed by atoms with van der Waals surface area (Å²) in [5.41, 5.74) is 2.61. The topological polar surface area (TPSA) is 79.1 Å². The molecule has 188 valence electrons. The number of fused-ring (bicyclic) bond motifs is 1.